The van der Waals surface area contributed by atoms with Gasteiger partial charge in [0.1, 0.15) is 0 Å². The standard InChI is InChI=1S/C20H31N3O2/c24-19(18-8-4-3-5-9-18)16-21-12-14-22(15-13-21)17-20(25)23-10-6-1-2-7-11-23/h3-5,8-9,19,24H,1-2,6-7,10-17H2/t19-/m0/s1. The lowest BCUT2D eigenvalue weighted by molar-refractivity contribution is -0.132. The van der Waals surface area contributed by atoms with Crippen molar-refractivity contribution in [2.45, 2.75) is 31.8 Å². The molecular weight excluding hydrogens is 314 g/mol. The fraction of sp³-hybridized carbons (Fsp3) is 0.650. The topological polar surface area (TPSA) is 47.0 Å². The number of rotatable bonds is 5. The van der Waals surface area contributed by atoms with E-state index in [1.165, 1.54) is 12.8 Å². The highest BCUT2D eigenvalue weighted by Crippen LogP contribution is 2.15. The Morgan fingerprint density at radius 1 is 0.880 bits per heavy atom. The van der Waals surface area contributed by atoms with Gasteiger partial charge in [-0.25, -0.2) is 0 Å². The second kappa shape index (κ2) is 9.32. The van der Waals surface area contributed by atoms with E-state index < -0.39 is 6.10 Å². The van der Waals surface area contributed by atoms with Crippen LogP contribution in [-0.4, -0.2) is 78.1 Å². The monoisotopic (exact) mass is 345 g/mol. The summed E-state index contributed by atoms with van der Waals surface area (Å²) >= 11 is 0. The van der Waals surface area contributed by atoms with Gasteiger partial charge in [-0.15, -0.1) is 0 Å². The third kappa shape index (κ3) is 5.53. The Kier molecular flexibility index (Phi) is 6.84. The number of β-amino-alcohol motifs (C(OH)–C–C–N with tert-alkyl or cyclic N) is 1. The van der Waals surface area contributed by atoms with Crippen molar-refractivity contribution in [2.24, 2.45) is 0 Å². The van der Waals surface area contributed by atoms with Gasteiger partial charge in [-0.05, 0) is 18.4 Å². The number of carbonyl (C=O) groups excluding carboxylic acids is 1. The van der Waals surface area contributed by atoms with Gasteiger partial charge in [0.15, 0.2) is 0 Å². The molecule has 1 aromatic carbocycles. The first-order chi connectivity index (χ1) is 12.2. The molecule has 0 radical (unpaired) electrons. The van der Waals surface area contributed by atoms with Crippen molar-refractivity contribution in [3.63, 3.8) is 0 Å². The van der Waals surface area contributed by atoms with Crippen LogP contribution in [0.5, 0.6) is 0 Å². The molecule has 1 amide bonds. The van der Waals surface area contributed by atoms with Gasteiger partial charge < -0.3 is 10.0 Å². The van der Waals surface area contributed by atoms with Crippen molar-refractivity contribution in [2.75, 3.05) is 52.4 Å². The molecule has 5 nitrogen and oxygen atoms in total. The van der Waals surface area contributed by atoms with Crippen LogP contribution in [0.25, 0.3) is 0 Å². The maximum absolute atomic E-state index is 12.5. The number of benzene rings is 1. The Morgan fingerprint density at radius 2 is 1.48 bits per heavy atom. The van der Waals surface area contributed by atoms with Crippen LogP contribution in [0.1, 0.15) is 37.4 Å². The van der Waals surface area contributed by atoms with Gasteiger partial charge in [-0.2, -0.15) is 0 Å². The molecule has 1 atom stereocenters. The molecule has 0 aliphatic carbocycles. The SMILES string of the molecule is O=C(CN1CCN(C[C@H](O)c2ccccc2)CC1)N1CCCCCC1. The molecule has 2 aliphatic heterocycles. The fourth-order valence-electron chi connectivity index (χ4n) is 3.77. The third-order valence-electron chi connectivity index (χ3n) is 5.40. The van der Waals surface area contributed by atoms with E-state index in [1.54, 1.807) is 0 Å². The number of hydrogen-bond acceptors (Lipinski definition) is 4. The summed E-state index contributed by atoms with van der Waals surface area (Å²) in [4.78, 5) is 19.1. The maximum atomic E-state index is 12.5. The molecule has 3 rings (SSSR count). The molecule has 5 heteroatoms. The number of amides is 1. The smallest absolute Gasteiger partial charge is 0.236 e. The molecule has 1 N–H and O–H groups in total. The van der Waals surface area contributed by atoms with Crippen molar-refractivity contribution in [1.82, 2.24) is 14.7 Å². The minimum Gasteiger partial charge on any atom is -0.387 e. The number of piperazine rings is 1. The second-order valence-corrected chi connectivity index (χ2v) is 7.30. The zero-order chi connectivity index (χ0) is 17.5. The summed E-state index contributed by atoms with van der Waals surface area (Å²) in [7, 11) is 0. The maximum Gasteiger partial charge on any atom is 0.236 e. The van der Waals surface area contributed by atoms with E-state index in [1.807, 2.05) is 30.3 Å². The van der Waals surface area contributed by atoms with Crippen molar-refractivity contribution >= 4 is 5.91 Å². The first-order valence-electron chi connectivity index (χ1n) is 9.68. The number of aliphatic hydroxyl groups is 1. The Hall–Kier alpha value is -1.43. The average molecular weight is 345 g/mol. The van der Waals surface area contributed by atoms with Crippen LogP contribution in [0, 0.1) is 0 Å². The summed E-state index contributed by atoms with van der Waals surface area (Å²) in [6.45, 7) is 6.72. The fourth-order valence-corrected chi connectivity index (χ4v) is 3.77. The van der Waals surface area contributed by atoms with Crippen molar-refractivity contribution in [3.05, 3.63) is 35.9 Å². The lowest BCUT2D eigenvalue weighted by atomic mass is 10.1. The molecule has 1 aromatic rings. The number of carbonyl (C=O) groups is 1. The van der Waals surface area contributed by atoms with E-state index in [-0.39, 0.29) is 0 Å². The molecule has 2 fully saturated rings. The summed E-state index contributed by atoms with van der Waals surface area (Å²) in [5, 5.41) is 10.4. The number of hydrogen-bond donors (Lipinski definition) is 1. The minimum atomic E-state index is -0.438. The van der Waals surface area contributed by atoms with Crippen LogP contribution in [0.15, 0.2) is 30.3 Å². The van der Waals surface area contributed by atoms with Crippen molar-refractivity contribution in [1.29, 1.82) is 0 Å². The molecule has 0 unspecified atom stereocenters. The molecule has 0 bridgehead atoms. The minimum absolute atomic E-state index is 0.291. The van der Waals surface area contributed by atoms with Gasteiger partial charge in [0.05, 0.1) is 12.6 Å². The normalized spacial score (nSPS) is 21.7. The van der Waals surface area contributed by atoms with Crippen LogP contribution in [0.3, 0.4) is 0 Å². The number of aliphatic hydroxyl groups excluding tert-OH is 1. The van der Waals surface area contributed by atoms with Gasteiger partial charge in [0.2, 0.25) is 5.91 Å². The molecule has 0 spiro atoms. The average Bonchev–Trinajstić information content (AvgIpc) is 2.93. The van der Waals surface area contributed by atoms with Gasteiger partial charge in [-0.1, -0.05) is 43.2 Å². The molecular formula is C20H31N3O2. The molecule has 138 valence electrons. The Bertz CT molecular complexity index is 521. The molecule has 2 aliphatic rings. The Morgan fingerprint density at radius 3 is 2.12 bits per heavy atom. The number of likely N-dealkylation sites (tertiary alicyclic amines) is 1. The highest BCUT2D eigenvalue weighted by Gasteiger charge is 2.23. The highest BCUT2D eigenvalue weighted by atomic mass is 16.3. The largest absolute Gasteiger partial charge is 0.387 e. The van der Waals surface area contributed by atoms with Crippen LogP contribution in [0.4, 0.5) is 0 Å². The lowest BCUT2D eigenvalue weighted by Crippen LogP contribution is -2.50. The van der Waals surface area contributed by atoms with Crippen LogP contribution in [-0.2, 0) is 4.79 Å². The van der Waals surface area contributed by atoms with Gasteiger partial charge in [0.25, 0.3) is 0 Å². The van der Waals surface area contributed by atoms with Gasteiger partial charge in [0, 0.05) is 45.8 Å². The summed E-state index contributed by atoms with van der Waals surface area (Å²) < 4.78 is 0. The lowest BCUT2D eigenvalue weighted by Gasteiger charge is -2.36. The van der Waals surface area contributed by atoms with E-state index in [9.17, 15) is 9.90 Å². The van der Waals surface area contributed by atoms with Crippen molar-refractivity contribution in [3.8, 4) is 0 Å². The third-order valence-corrected chi connectivity index (χ3v) is 5.40. The Labute approximate surface area is 151 Å². The van der Waals surface area contributed by atoms with Gasteiger partial charge >= 0.3 is 0 Å². The quantitative estimate of drug-likeness (QED) is 0.883. The summed E-state index contributed by atoms with van der Waals surface area (Å²) in [5.74, 6) is 0.291. The summed E-state index contributed by atoms with van der Waals surface area (Å²) in [6.07, 6.45) is 4.37. The van der Waals surface area contributed by atoms with E-state index in [0.29, 0.717) is 19.0 Å². The predicted molar refractivity (Wildman–Crippen MR) is 99.3 cm³/mol. The first kappa shape index (κ1) is 18.4. The van der Waals surface area contributed by atoms with E-state index in [2.05, 4.69) is 14.7 Å². The molecule has 0 aromatic heterocycles. The second-order valence-electron chi connectivity index (χ2n) is 7.30. The Balaban J connectivity index is 1.40. The zero-order valence-electron chi connectivity index (χ0n) is 15.1. The van der Waals surface area contributed by atoms with Crippen LogP contribution in [0.2, 0.25) is 0 Å². The van der Waals surface area contributed by atoms with E-state index >= 15 is 0 Å². The van der Waals surface area contributed by atoms with Crippen LogP contribution >= 0.6 is 0 Å². The highest BCUT2D eigenvalue weighted by molar-refractivity contribution is 5.78. The summed E-state index contributed by atoms with van der Waals surface area (Å²) in [6, 6.07) is 9.84. The van der Waals surface area contributed by atoms with Crippen LogP contribution < -0.4 is 0 Å². The molecule has 2 heterocycles. The van der Waals surface area contributed by atoms with E-state index in [4.69, 9.17) is 0 Å². The first-order valence-corrected chi connectivity index (χ1v) is 9.68. The summed E-state index contributed by atoms with van der Waals surface area (Å²) in [5.41, 5.74) is 0.973. The van der Waals surface area contributed by atoms with E-state index in [0.717, 1.165) is 57.7 Å². The predicted octanol–water partition coefficient (Wildman–Crippen LogP) is 1.74. The van der Waals surface area contributed by atoms with Gasteiger partial charge in [-0.3, -0.25) is 14.6 Å². The zero-order valence-corrected chi connectivity index (χ0v) is 15.1. The molecule has 0 saturated carbocycles. The molecule has 2 saturated heterocycles. The number of nitrogens with zero attached hydrogens (tertiary/aromatic N) is 3. The molecule has 25 heavy (non-hydrogen) atoms. The van der Waals surface area contributed by atoms with Crippen molar-refractivity contribution < 1.29 is 9.90 Å².